The zero-order chi connectivity index (χ0) is 16.5. The molecule has 2 aliphatic rings. The summed E-state index contributed by atoms with van der Waals surface area (Å²) in [6.45, 7) is 3.54. The van der Waals surface area contributed by atoms with E-state index in [2.05, 4.69) is 10.3 Å². The number of fused-ring (bicyclic) bond motifs is 2. The van der Waals surface area contributed by atoms with Crippen LogP contribution in [0.2, 0.25) is 0 Å². The minimum absolute atomic E-state index is 0.153. The van der Waals surface area contributed by atoms with Gasteiger partial charge in [0, 0.05) is 30.7 Å². The van der Waals surface area contributed by atoms with Crippen LogP contribution in [0.15, 0.2) is 34.7 Å². The van der Waals surface area contributed by atoms with Crippen LogP contribution in [-0.4, -0.2) is 41.0 Å². The summed E-state index contributed by atoms with van der Waals surface area (Å²) in [6, 6.07) is 10.9. The fourth-order valence-corrected chi connectivity index (χ4v) is 3.72. The van der Waals surface area contributed by atoms with Gasteiger partial charge in [0.25, 0.3) is 0 Å². The predicted molar refractivity (Wildman–Crippen MR) is 91.5 cm³/mol. The van der Waals surface area contributed by atoms with Gasteiger partial charge in [0.15, 0.2) is 0 Å². The van der Waals surface area contributed by atoms with Gasteiger partial charge in [0.1, 0.15) is 5.76 Å². The zero-order valence-electron chi connectivity index (χ0n) is 14.0. The van der Waals surface area contributed by atoms with E-state index >= 15 is 0 Å². The van der Waals surface area contributed by atoms with Crippen molar-refractivity contribution in [3.8, 4) is 11.5 Å². The minimum Gasteiger partial charge on any atom is -0.441 e. The first kappa shape index (κ1) is 15.4. The van der Waals surface area contributed by atoms with E-state index in [0.29, 0.717) is 24.4 Å². The Morgan fingerprint density at radius 1 is 1.25 bits per heavy atom. The Balaban J connectivity index is 1.47. The quantitative estimate of drug-likeness (QED) is 0.942. The van der Waals surface area contributed by atoms with Crippen LogP contribution in [-0.2, 0) is 11.2 Å². The molecule has 5 nitrogen and oxygen atoms in total. The molecule has 2 fully saturated rings. The molecule has 4 rings (SSSR count). The summed E-state index contributed by atoms with van der Waals surface area (Å²) >= 11 is 0. The number of aryl methyl sites for hydroxylation is 1. The van der Waals surface area contributed by atoms with E-state index in [1.54, 1.807) is 0 Å². The molecule has 2 bridgehead atoms. The van der Waals surface area contributed by atoms with Gasteiger partial charge in [0.2, 0.25) is 11.8 Å². The first-order valence-electron chi connectivity index (χ1n) is 8.74. The third-order valence-electron chi connectivity index (χ3n) is 5.11. The lowest BCUT2D eigenvalue weighted by Gasteiger charge is -2.24. The Kier molecular flexibility index (Phi) is 4.10. The number of hydrogen-bond acceptors (Lipinski definition) is 4. The number of benzene rings is 1. The second-order valence-electron chi connectivity index (χ2n) is 6.83. The smallest absolute Gasteiger partial charge is 0.228 e. The highest BCUT2D eigenvalue weighted by Gasteiger charge is 2.31. The number of amides is 1. The number of nitrogens with zero attached hydrogens (tertiary/aromatic N) is 2. The summed E-state index contributed by atoms with van der Waals surface area (Å²) in [6.07, 6.45) is 3.79. The zero-order valence-corrected chi connectivity index (χ0v) is 14.0. The standard InChI is InChI=1S/C19H23N3O2/c1-13-17(21-19(24-13)14-5-3-2-4-6-14)11-18(23)22-10-9-15-7-8-16(12-22)20-15/h2-6,15-16,20H,7-12H2,1H3. The molecule has 0 aliphatic carbocycles. The van der Waals surface area contributed by atoms with E-state index in [9.17, 15) is 4.79 Å². The van der Waals surface area contributed by atoms with Crippen molar-refractivity contribution < 1.29 is 9.21 Å². The van der Waals surface area contributed by atoms with Gasteiger partial charge in [-0.2, -0.15) is 0 Å². The molecule has 1 N–H and O–H groups in total. The Labute approximate surface area is 142 Å². The summed E-state index contributed by atoms with van der Waals surface area (Å²) < 4.78 is 5.77. The van der Waals surface area contributed by atoms with Crippen molar-refractivity contribution in [2.45, 2.75) is 44.7 Å². The third kappa shape index (κ3) is 3.08. The molecular formula is C19H23N3O2. The summed E-state index contributed by atoms with van der Waals surface area (Å²) in [5.41, 5.74) is 1.69. The van der Waals surface area contributed by atoms with Gasteiger partial charge in [-0.1, -0.05) is 18.2 Å². The van der Waals surface area contributed by atoms with Gasteiger partial charge in [0.05, 0.1) is 12.1 Å². The number of oxazole rings is 1. The van der Waals surface area contributed by atoms with Gasteiger partial charge in [-0.05, 0) is 38.3 Å². The summed E-state index contributed by atoms with van der Waals surface area (Å²) in [7, 11) is 0. The largest absolute Gasteiger partial charge is 0.441 e. The molecule has 126 valence electrons. The van der Waals surface area contributed by atoms with E-state index in [4.69, 9.17) is 4.42 Å². The first-order chi connectivity index (χ1) is 11.7. The molecule has 2 unspecified atom stereocenters. The molecule has 1 aromatic carbocycles. The maximum absolute atomic E-state index is 12.7. The SMILES string of the molecule is Cc1oc(-c2ccccc2)nc1CC(=O)N1CCC2CCC(C1)N2. The number of rotatable bonds is 3. The monoisotopic (exact) mass is 325 g/mol. The molecule has 24 heavy (non-hydrogen) atoms. The van der Waals surface area contributed by atoms with Gasteiger partial charge in [-0.3, -0.25) is 4.79 Å². The summed E-state index contributed by atoms with van der Waals surface area (Å²) in [5, 5.41) is 3.61. The minimum atomic E-state index is 0.153. The van der Waals surface area contributed by atoms with Crippen LogP contribution in [0.25, 0.3) is 11.5 Å². The lowest BCUT2D eigenvalue weighted by Crippen LogP contribution is -2.39. The maximum atomic E-state index is 12.7. The molecule has 5 heteroatoms. The highest BCUT2D eigenvalue weighted by Crippen LogP contribution is 2.23. The third-order valence-corrected chi connectivity index (χ3v) is 5.11. The van der Waals surface area contributed by atoms with Crippen molar-refractivity contribution in [2.24, 2.45) is 0 Å². The van der Waals surface area contributed by atoms with Crippen LogP contribution in [0.5, 0.6) is 0 Å². The molecule has 0 spiro atoms. The molecule has 0 saturated carbocycles. The highest BCUT2D eigenvalue weighted by atomic mass is 16.4. The maximum Gasteiger partial charge on any atom is 0.228 e. The van der Waals surface area contributed by atoms with Crippen LogP contribution >= 0.6 is 0 Å². The van der Waals surface area contributed by atoms with Crippen LogP contribution < -0.4 is 5.32 Å². The fourth-order valence-electron chi connectivity index (χ4n) is 3.72. The average Bonchev–Trinajstić information content (AvgIpc) is 3.11. The number of carbonyl (C=O) groups is 1. The summed E-state index contributed by atoms with van der Waals surface area (Å²) in [4.78, 5) is 19.3. The topological polar surface area (TPSA) is 58.4 Å². The predicted octanol–water partition coefficient (Wildman–Crippen LogP) is 2.55. The lowest BCUT2D eigenvalue weighted by molar-refractivity contribution is -0.130. The van der Waals surface area contributed by atoms with E-state index in [1.807, 2.05) is 42.2 Å². The molecule has 2 aliphatic heterocycles. The molecule has 2 aromatic rings. The second kappa shape index (κ2) is 6.40. The molecular weight excluding hydrogens is 302 g/mol. The van der Waals surface area contributed by atoms with Crippen molar-refractivity contribution in [2.75, 3.05) is 13.1 Å². The van der Waals surface area contributed by atoms with E-state index in [1.165, 1.54) is 12.8 Å². The van der Waals surface area contributed by atoms with Crippen molar-refractivity contribution in [3.05, 3.63) is 41.8 Å². The van der Waals surface area contributed by atoms with Crippen LogP contribution in [0.3, 0.4) is 0 Å². The number of carbonyl (C=O) groups excluding carboxylic acids is 1. The van der Waals surface area contributed by atoms with Gasteiger partial charge in [-0.25, -0.2) is 4.98 Å². The second-order valence-corrected chi connectivity index (χ2v) is 6.83. The molecule has 0 radical (unpaired) electrons. The van der Waals surface area contributed by atoms with Crippen molar-refractivity contribution in [1.29, 1.82) is 0 Å². The Hall–Kier alpha value is -2.14. The lowest BCUT2D eigenvalue weighted by atomic mass is 10.1. The molecule has 3 heterocycles. The fraction of sp³-hybridized carbons (Fsp3) is 0.474. The van der Waals surface area contributed by atoms with E-state index in [-0.39, 0.29) is 5.91 Å². The van der Waals surface area contributed by atoms with Crippen molar-refractivity contribution in [1.82, 2.24) is 15.2 Å². The number of hydrogen-bond donors (Lipinski definition) is 1. The number of likely N-dealkylation sites (tertiary alicyclic amines) is 1. The Bertz CT molecular complexity index is 725. The van der Waals surface area contributed by atoms with E-state index in [0.717, 1.165) is 36.5 Å². The number of nitrogens with one attached hydrogen (secondary N) is 1. The molecule has 1 amide bonds. The summed E-state index contributed by atoms with van der Waals surface area (Å²) in [5.74, 6) is 1.48. The highest BCUT2D eigenvalue weighted by molar-refractivity contribution is 5.78. The molecule has 2 saturated heterocycles. The van der Waals surface area contributed by atoms with Crippen LogP contribution in [0.4, 0.5) is 0 Å². The van der Waals surface area contributed by atoms with Crippen LogP contribution in [0, 0.1) is 6.92 Å². The Morgan fingerprint density at radius 2 is 2.04 bits per heavy atom. The first-order valence-corrected chi connectivity index (χ1v) is 8.74. The number of aromatic nitrogens is 1. The average molecular weight is 325 g/mol. The van der Waals surface area contributed by atoms with Crippen molar-refractivity contribution >= 4 is 5.91 Å². The van der Waals surface area contributed by atoms with Gasteiger partial charge < -0.3 is 14.6 Å². The normalized spacial score (nSPS) is 23.3. The van der Waals surface area contributed by atoms with Gasteiger partial charge >= 0.3 is 0 Å². The molecule has 2 atom stereocenters. The van der Waals surface area contributed by atoms with Crippen molar-refractivity contribution in [3.63, 3.8) is 0 Å². The van der Waals surface area contributed by atoms with E-state index < -0.39 is 0 Å². The van der Waals surface area contributed by atoms with Gasteiger partial charge in [-0.15, -0.1) is 0 Å². The Morgan fingerprint density at radius 3 is 2.88 bits per heavy atom. The van der Waals surface area contributed by atoms with Crippen LogP contribution in [0.1, 0.15) is 30.7 Å². The molecule has 1 aromatic heterocycles.